The number of ether oxygens (including phenoxy) is 2. The van der Waals surface area contributed by atoms with E-state index in [9.17, 15) is 19.0 Å². The van der Waals surface area contributed by atoms with Gasteiger partial charge in [-0.05, 0) is 103 Å². The number of hydrogen-bond donors (Lipinski definition) is 1. The highest BCUT2D eigenvalue weighted by Gasteiger charge is 2.27. The molecule has 0 aliphatic heterocycles. The van der Waals surface area contributed by atoms with Crippen LogP contribution in [0.2, 0.25) is 0 Å². The predicted octanol–water partition coefficient (Wildman–Crippen LogP) is 29.3. The standard InChI is InChI=1S/C92H164NO8P/c1-6-8-10-12-14-16-18-20-22-24-26-28-30-32-34-36-38-40-42-44-45-46-47-49-51-53-55-57-59-61-63-65-67-69-71-73-75-77-79-81-83-85-92(95)101-90(89-100-102(96,97)99-87-86-93(3,4)5)88-98-91(94)84-82-80-78-76-74-72-70-68-66-64-62-60-58-56-54-52-50-48-43-41-39-37-35-33-31-29-27-25-23-21-19-17-15-13-11-9-7-2/h8-11,14-17,20-23,26-29,32-35,90H,6-7,12-13,18-19,24-25,30-31,36-89H2,1-5H3/p+1/b10-8-,11-9-,16-14-,17-15-,22-20-,23-21-,28-26-,29-27-,34-32-,35-33-. The van der Waals surface area contributed by atoms with Crippen molar-refractivity contribution in [3.05, 3.63) is 122 Å². The summed E-state index contributed by atoms with van der Waals surface area (Å²) in [5.41, 5.74) is 0. The average molecular weight is 1440 g/mol. The van der Waals surface area contributed by atoms with Crippen LogP contribution in [0, 0.1) is 0 Å². The molecule has 10 heteroatoms. The van der Waals surface area contributed by atoms with E-state index in [0.29, 0.717) is 23.9 Å². The number of allylic oxidation sites excluding steroid dienone is 20. The number of carbonyl (C=O) groups excluding carboxylic acids is 2. The van der Waals surface area contributed by atoms with E-state index < -0.39 is 26.5 Å². The van der Waals surface area contributed by atoms with E-state index in [1.807, 2.05) is 21.1 Å². The Balaban J connectivity index is 3.88. The van der Waals surface area contributed by atoms with Crippen LogP contribution in [0.15, 0.2) is 122 Å². The number of phosphoric ester groups is 1. The van der Waals surface area contributed by atoms with Crippen LogP contribution < -0.4 is 0 Å². The molecule has 0 aromatic carbocycles. The molecule has 0 spiro atoms. The molecule has 0 fully saturated rings. The number of likely N-dealkylation sites (N-methyl/N-ethyl adjacent to an activating group) is 1. The first-order chi connectivity index (χ1) is 50.0. The molecule has 0 aliphatic rings. The van der Waals surface area contributed by atoms with Gasteiger partial charge in [0.2, 0.25) is 0 Å². The zero-order valence-electron chi connectivity index (χ0n) is 67.6. The molecule has 102 heavy (non-hydrogen) atoms. The first kappa shape index (κ1) is 98.4. The van der Waals surface area contributed by atoms with Gasteiger partial charge >= 0.3 is 19.8 Å². The minimum atomic E-state index is -4.40. The molecule has 0 saturated carbocycles. The summed E-state index contributed by atoms with van der Waals surface area (Å²) in [4.78, 5) is 36.1. The number of phosphoric acid groups is 1. The SMILES string of the molecule is CC/C=C\C/C=C\C/C=C\C/C=C\C/C=C\CCCCCCCCCCCCCCCCCCCCCCCCCCCC(=O)OC(COC(=O)CCCCCCCCCCCCCCCCCCCCCCC/C=C\C/C=C\C/C=C\C/C=C\C/C=C\CC)COP(=O)(O)OCC[N+](C)(C)C. The van der Waals surface area contributed by atoms with E-state index in [1.54, 1.807) is 0 Å². The number of carbonyl (C=O) groups is 2. The largest absolute Gasteiger partial charge is 0.472 e. The van der Waals surface area contributed by atoms with Gasteiger partial charge in [0.25, 0.3) is 0 Å². The second-order valence-electron chi connectivity index (χ2n) is 30.2. The van der Waals surface area contributed by atoms with E-state index in [1.165, 1.54) is 270 Å². The van der Waals surface area contributed by atoms with Gasteiger partial charge in [-0.15, -0.1) is 0 Å². The second-order valence-corrected chi connectivity index (χ2v) is 31.6. The number of esters is 2. The van der Waals surface area contributed by atoms with Gasteiger partial charge in [0.05, 0.1) is 27.7 Å². The van der Waals surface area contributed by atoms with Crippen molar-refractivity contribution in [2.45, 2.75) is 405 Å². The Morgan fingerprint density at radius 2 is 0.529 bits per heavy atom. The van der Waals surface area contributed by atoms with Crippen molar-refractivity contribution in [1.82, 2.24) is 0 Å². The maximum Gasteiger partial charge on any atom is 0.472 e. The maximum atomic E-state index is 12.9. The fourth-order valence-electron chi connectivity index (χ4n) is 12.5. The molecule has 0 bridgehead atoms. The Morgan fingerprint density at radius 1 is 0.304 bits per heavy atom. The number of rotatable bonds is 80. The molecule has 2 atom stereocenters. The van der Waals surface area contributed by atoms with Gasteiger partial charge in [-0.2, -0.15) is 0 Å². The van der Waals surface area contributed by atoms with Crippen LogP contribution in [0.3, 0.4) is 0 Å². The lowest BCUT2D eigenvalue weighted by Gasteiger charge is -2.24. The second kappa shape index (κ2) is 81.5. The molecule has 0 heterocycles. The summed E-state index contributed by atoms with van der Waals surface area (Å²) in [6, 6.07) is 0. The fraction of sp³-hybridized carbons (Fsp3) is 0.761. The summed E-state index contributed by atoms with van der Waals surface area (Å²) in [7, 11) is 1.49. The molecule has 0 aromatic rings. The van der Waals surface area contributed by atoms with Crippen LogP contribution in [-0.2, 0) is 32.7 Å². The van der Waals surface area contributed by atoms with Crippen molar-refractivity contribution in [3.8, 4) is 0 Å². The molecule has 0 radical (unpaired) electrons. The van der Waals surface area contributed by atoms with Gasteiger partial charge in [-0.25, -0.2) is 4.57 Å². The lowest BCUT2D eigenvalue weighted by molar-refractivity contribution is -0.870. The molecular weight excluding hydrogens is 1280 g/mol. The van der Waals surface area contributed by atoms with Crippen molar-refractivity contribution in [2.75, 3.05) is 47.5 Å². The van der Waals surface area contributed by atoms with Crippen LogP contribution >= 0.6 is 7.82 Å². The number of nitrogens with zero attached hydrogens (tertiary/aromatic N) is 1. The van der Waals surface area contributed by atoms with Gasteiger partial charge in [0.1, 0.15) is 19.8 Å². The monoisotopic (exact) mass is 1440 g/mol. The van der Waals surface area contributed by atoms with Gasteiger partial charge in [0.15, 0.2) is 6.10 Å². The quantitative estimate of drug-likeness (QED) is 0.0211. The van der Waals surface area contributed by atoms with Crippen molar-refractivity contribution >= 4 is 19.8 Å². The van der Waals surface area contributed by atoms with Crippen LogP contribution in [0.5, 0.6) is 0 Å². The highest BCUT2D eigenvalue weighted by molar-refractivity contribution is 7.47. The first-order valence-corrected chi connectivity index (χ1v) is 44.8. The molecule has 1 N–H and O–H groups in total. The van der Waals surface area contributed by atoms with Crippen LogP contribution in [0.4, 0.5) is 0 Å². The fourth-order valence-corrected chi connectivity index (χ4v) is 13.2. The van der Waals surface area contributed by atoms with E-state index in [0.717, 1.165) is 96.3 Å². The average Bonchev–Trinajstić information content (AvgIpc) is 0.916. The molecule has 0 amide bonds. The van der Waals surface area contributed by atoms with Crippen molar-refractivity contribution in [3.63, 3.8) is 0 Å². The predicted molar refractivity (Wildman–Crippen MR) is 445 cm³/mol. The topological polar surface area (TPSA) is 108 Å². The summed E-state index contributed by atoms with van der Waals surface area (Å²) in [6.07, 6.45) is 118. The summed E-state index contributed by atoms with van der Waals surface area (Å²) in [6.45, 7) is 4.26. The molecule has 0 aromatic heterocycles. The van der Waals surface area contributed by atoms with Gasteiger partial charge in [-0.1, -0.05) is 405 Å². The van der Waals surface area contributed by atoms with Gasteiger partial charge in [-0.3, -0.25) is 18.6 Å². The van der Waals surface area contributed by atoms with Crippen molar-refractivity contribution < 1.29 is 42.1 Å². The Kier molecular flexibility index (Phi) is 78.6. The van der Waals surface area contributed by atoms with Crippen LogP contribution in [0.1, 0.15) is 399 Å². The Bertz CT molecular complexity index is 2140. The van der Waals surface area contributed by atoms with Crippen LogP contribution in [-0.4, -0.2) is 74.9 Å². The normalized spacial score (nSPS) is 13.6. The van der Waals surface area contributed by atoms with E-state index in [-0.39, 0.29) is 25.6 Å². The van der Waals surface area contributed by atoms with E-state index >= 15 is 0 Å². The lowest BCUT2D eigenvalue weighted by Crippen LogP contribution is -2.37. The van der Waals surface area contributed by atoms with Crippen molar-refractivity contribution in [1.29, 1.82) is 0 Å². The molecule has 0 rings (SSSR count). The Labute approximate surface area is 632 Å². The van der Waals surface area contributed by atoms with Gasteiger partial charge < -0.3 is 18.9 Å². The number of quaternary nitrogens is 1. The van der Waals surface area contributed by atoms with Crippen molar-refractivity contribution in [2.24, 2.45) is 0 Å². The molecule has 2 unspecified atom stereocenters. The Morgan fingerprint density at radius 3 is 0.784 bits per heavy atom. The highest BCUT2D eigenvalue weighted by Crippen LogP contribution is 2.43. The zero-order chi connectivity index (χ0) is 74.0. The minimum Gasteiger partial charge on any atom is -0.462 e. The third-order valence-electron chi connectivity index (χ3n) is 19.0. The summed E-state index contributed by atoms with van der Waals surface area (Å²) in [5.74, 6) is -0.778. The van der Waals surface area contributed by atoms with E-state index in [4.69, 9.17) is 18.5 Å². The minimum absolute atomic E-state index is 0.0318. The smallest absolute Gasteiger partial charge is 0.462 e. The lowest BCUT2D eigenvalue weighted by atomic mass is 10.0. The third kappa shape index (κ3) is 85.3. The first-order valence-electron chi connectivity index (χ1n) is 43.3. The number of hydrogen-bond acceptors (Lipinski definition) is 7. The zero-order valence-corrected chi connectivity index (χ0v) is 68.5. The summed E-state index contributed by atoms with van der Waals surface area (Å²) in [5, 5.41) is 0. The molecule has 0 aliphatic carbocycles. The molecule has 0 saturated heterocycles. The highest BCUT2D eigenvalue weighted by atomic mass is 31.2. The molecule has 590 valence electrons. The number of unbranched alkanes of at least 4 members (excludes halogenated alkanes) is 46. The summed E-state index contributed by atoms with van der Waals surface area (Å²) < 4.78 is 34.9. The molecule has 9 nitrogen and oxygen atoms in total. The summed E-state index contributed by atoms with van der Waals surface area (Å²) >= 11 is 0. The maximum absolute atomic E-state index is 12.9. The third-order valence-corrected chi connectivity index (χ3v) is 20.0. The molecular formula is C92H165NO8P+. The van der Waals surface area contributed by atoms with Crippen LogP contribution in [0.25, 0.3) is 0 Å². The van der Waals surface area contributed by atoms with E-state index in [2.05, 4.69) is 135 Å². The Hall–Kier alpha value is -3.59. The van der Waals surface area contributed by atoms with Gasteiger partial charge in [0, 0.05) is 12.8 Å².